The Bertz CT molecular complexity index is 1830. The summed E-state index contributed by atoms with van der Waals surface area (Å²) in [6.07, 6.45) is 5.16. The topological polar surface area (TPSA) is 259 Å². The number of ether oxygens (including phenoxy) is 4. The lowest BCUT2D eigenvalue weighted by Crippen LogP contribution is -2.48. The molecule has 1 aliphatic rings. The molecule has 1 fully saturated rings. The number of fused-ring (bicyclic) bond motifs is 1. The van der Waals surface area contributed by atoms with E-state index in [2.05, 4.69) is 55.2 Å². The minimum absolute atomic E-state index is 0.0590. The second-order valence-electron chi connectivity index (χ2n) is 14.3. The Morgan fingerprint density at radius 2 is 1.63 bits per heavy atom. The van der Waals surface area contributed by atoms with Crippen molar-refractivity contribution in [1.29, 1.82) is 0 Å². The van der Waals surface area contributed by atoms with Crippen molar-refractivity contribution in [2.24, 2.45) is 5.73 Å². The van der Waals surface area contributed by atoms with E-state index in [1.807, 2.05) is 17.2 Å². The van der Waals surface area contributed by atoms with Crippen LogP contribution in [0.5, 0.6) is 5.75 Å². The zero-order chi connectivity index (χ0) is 43.3. The molecule has 0 aliphatic carbocycles. The van der Waals surface area contributed by atoms with Crippen LogP contribution in [0.25, 0.3) is 11.0 Å². The number of unbranched alkanes of at least 4 members (excludes halogenated alkanes) is 2. The van der Waals surface area contributed by atoms with E-state index in [1.54, 1.807) is 7.11 Å². The molecule has 60 heavy (non-hydrogen) atoms. The number of benzene rings is 1. The van der Waals surface area contributed by atoms with Crippen molar-refractivity contribution in [3.05, 3.63) is 41.6 Å². The van der Waals surface area contributed by atoms with Crippen LogP contribution in [0.2, 0.25) is 0 Å². The molecule has 2 atom stereocenters. The van der Waals surface area contributed by atoms with Gasteiger partial charge in [0.05, 0.1) is 76.9 Å². The van der Waals surface area contributed by atoms with Crippen LogP contribution < -0.4 is 26.8 Å². The largest absolute Gasteiger partial charge is 0.496 e. The van der Waals surface area contributed by atoms with Gasteiger partial charge in [0.2, 0.25) is 17.8 Å². The van der Waals surface area contributed by atoms with Crippen molar-refractivity contribution in [3.63, 3.8) is 0 Å². The lowest BCUT2D eigenvalue weighted by molar-refractivity contribution is -0.138. The van der Waals surface area contributed by atoms with Gasteiger partial charge in [-0.15, -0.1) is 11.8 Å². The molecule has 1 aliphatic heterocycles. The average molecular weight is 860 g/mol. The van der Waals surface area contributed by atoms with Crippen molar-refractivity contribution in [1.82, 2.24) is 29.7 Å². The third kappa shape index (κ3) is 16.0. The van der Waals surface area contributed by atoms with E-state index in [9.17, 15) is 19.2 Å². The highest BCUT2D eigenvalue weighted by atomic mass is 32.2. The second kappa shape index (κ2) is 25.8. The highest BCUT2D eigenvalue weighted by Crippen LogP contribution is 2.28. The zero-order valence-electron chi connectivity index (χ0n) is 34.6. The first-order valence-corrected chi connectivity index (χ1v) is 21.4. The predicted octanol–water partition coefficient (Wildman–Crippen LogP) is 1.86. The molecule has 2 aromatic heterocycles. The minimum Gasteiger partial charge on any atom is -0.496 e. The number of nitrogen functional groups attached to an aromatic ring is 1. The number of carbonyl (C=O) groups is 4. The number of nitrogens with one attached hydrogen (secondary N) is 2. The van der Waals surface area contributed by atoms with Crippen LogP contribution in [0, 0.1) is 0 Å². The molecule has 20 heteroatoms. The number of piperazine rings is 1. The van der Waals surface area contributed by atoms with Gasteiger partial charge in [0.15, 0.2) is 5.82 Å². The average Bonchev–Trinajstić information content (AvgIpc) is 3.63. The van der Waals surface area contributed by atoms with E-state index < -0.39 is 35.6 Å². The van der Waals surface area contributed by atoms with Crippen LogP contribution in [-0.4, -0.2) is 161 Å². The minimum atomic E-state index is -1.23. The summed E-state index contributed by atoms with van der Waals surface area (Å²) in [6, 6.07) is 7.08. The fraction of sp³-hybridized carbons (Fsp3) is 0.600. The Morgan fingerprint density at radius 3 is 2.32 bits per heavy atom. The van der Waals surface area contributed by atoms with Crippen LogP contribution >= 0.6 is 11.8 Å². The Morgan fingerprint density at radius 1 is 0.917 bits per heavy atom. The van der Waals surface area contributed by atoms with E-state index in [0.717, 1.165) is 90.9 Å². The molecule has 1 aromatic carbocycles. The molecule has 3 heterocycles. The van der Waals surface area contributed by atoms with E-state index >= 15 is 0 Å². The Balaban J connectivity index is 1.07. The number of methoxy groups -OCH3 is 1. The Labute approximate surface area is 354 Å². The molecule has 0 bridgehead atoms. The lowest BCUT2D eigenvalue weighted by Gasteiger charge is -2.35. The van der Waals surface area contributed by atoms with Gasteiger partial charge in [0.25, 0.3) is 0 Å². The van der Waals surface area contributed by atoms with Crippen LogP contribution in [0.1, 0.15) is 50.2 Å². The van der Waals surface area contributed by atoms with E-state index in [-0.39, 0.29) is 43.8 Å². The molecule has 0 spiro atoms. The van der Waals surface area contributed by atoms with Gasteiger partial charge in [0.1, 0.15) is 17.3 Å². The number of carboxylic acid groups (broad SMARTS) is 2. The van der Waals surface area contributed by atoms with E-state index in [0.29, 0.717) is 46.1 Å². The highest BCUT2D eigenvalue weighted by molar-refractivity contribution is 8.00. The van der Waals surface area contributed by atoms with Crippen LogP contribution in [0.15, 0.2) is 30.5 Å². The van der Waals surface area contributed by atoms with Crippen molar-refractivity contribution < 1.29 is 48.3 Å². The maximum atomic E-state index is 12.8. The molecule has 19 nitrogen and oxygen atoms in total. The number of carbonyl (C=O) groups excluding carboxylic acids is 2. The number of amides is 2. The van der Waals surface area contributed by atoms with Gasteiger partial charge in [-0.25, -0.2) is 4.98 Å². The Kier molecular flexibility index (Phi) is 20.6. The molecule has 1 saturated heterocycles. The monoisotopic (exact) mass is 859 g/mol. The van der Waals surface area contributed by atoms with Crippen molar-refractivity contribution in [2.45, 2.75) is 63.4 Å². The standard InChI is InChI=1S/C40H61N9O10S/c1-3-4-5-10-43-37-36-31(45-40(42)46-37)8-12-49(36)26-29-7-6-28(23-32(29)56-2)25-47-13-15-48(16-14-47)34(50)9-17-57-19-21-59-22-20-58-18-11-44-38(53)33(24-35(51)52)60-27-30(41)39(54)55/h6-8,12,23,30,33H,3-5,9-11,13-22,24-27,41H2,1-2H3,(H,44,53)(H,51,52)(H,54,55)(H3,42,43,45,46). The second-order valence-corrected chi connectivity index (χ2v) is 15.5. The molecule has 3 aromatic rings. The van der Waals surface area contributed by atoms with Gasteiger partial charge < -0.3 is 60.7 Å². The smallest absolute Gasteiger partial charge is 0.321 e. The zero-order valence-corrected chi connectivity index (χ0v) is 35.5. The molecule has 2 amide bonds. The van der Waals surface area contributed by atoms with Gasteiger partial charge in [-0.1, -0.05) is 31.9 Å². The van der Waals surface area contributed by atoms with Crippen LogP contribution in [0.3, 0.4) is 0 Å². The lowest BCUT2D eigenvalue weighted by atomic mass is 10.1. The van der Waals surface area contributed by atoms with Crippen LogP contribution in [0.4, 0.5) is 11.8 Å². The van der Waals surface area contributed by atoms with E-state index in [4.69, 9.17) is 40.6 Å². The third-order valence-electron chi connectivity index (χ3n) is 9.72. The first-order chi connectivity index (χ1) is 29.0. The number of aliphatic carboxylic acids is 2. The van der Waals surface area contributed by atoms with E-state index in [1.165, 1.54) is 0 Å². The number of anilines is 2. The molecule has 332 valence electrons. The SMILES string of the molecule is CCCCCNc1nc(N)nc2ccn(Cc3ccc(CN4CCN(C(=O)CCOCCOCCOCCNC(=O)C(CC(=O)O)SCC(N)C(=O)O)CC4)cc3OC)c12. The summed E-state index contributed by atoms with van der Waals surface area (Å²) >= 11 is 0.886. The summed E-state index contributed by atoms with van der Waals surface area (Å²) in [5.74, 6) is -1.18. The van der Waals surface area contributed by atoms with Gasteiger partial charge in [-0.2, -0.15) is 4.98 Å². The van der Waals surface area contributed by atoms with Crippen molar-refractivity contribution in [2.75, 3.05) is 103 Å². The van der Waals surface area contributed by atoms with Gasteiger partial charge in [0, 0.05) is 63.3 Å². The number of thioether (sulfide) groups is 1. The molecular weight excluding hydrogens is 799 g/mol. The molecular formula is C40H61N9O10S. The molecule has 4 rings (SSSR count). The first kappa shape index (κ1) is 47.9. The maximum absolute atomic E-state index is 12.8. The number of rotatable bonds is 29. The third-order valence-corrected chi connectivity index (χ3v) is 11.1. The van der Waals surface area contributed by atoms with Crippen molar-refractivity contribution in [3.8, 4) is 5.75 Å². The Hall–Kier alpha value is -4.73. The number of hydrogen-bond acceptors (Lipinski definition) is 15. The van der Waals surface area contributed by atoms with Gasteiger partial charge in [-0.3, -0.25) is 24.1 Å². The summed E-state index contributed by atoms with van der Waals surface area (Å²) in [6.45, 7) is 9.00. The number of hydrogen-bond donors (Lipinski definition) is 6. The molecule has 8 N–H and O–H groups in total. The van der Waals surface area contributed by atoms with Crippen molar-refractivity contribution >= 4 is 58.3 Å². The normalized spacial score (nSPS) is 14.2. The summed E-state index contributed by atoms with van der Waals surface area (Å²) in [5, 5.41) is 23.0. The molecule has 0 radical (unpaired) electrons. The fourth-order valence-electron chi connectivity index (χ4n) is 6.47. The van der Waals surface area contributed by atoms with Gasteiger partial charge in [-0.05, 0) is 24.1 Å². The number of aromatic nitrogens is 3. The number of nitrogens with two attached hydrogens (primary N) is 2. The molecule has 2 unspecified atom stereocenters. The summed E-state index contributed by atoms with van der Waals surface area (Å²) in [4.78, 5) is 60.3. The first-order valence-electron chi connectivity index (χ1n) is 20.3. The van der Waals surface area contributed by atoms with Gasteiger partial charge >= 0.3 is 11.9 Å². The summed E-state index contributed by atoms with van der Waals surface area (Å²) < 4.78 is 24.5. The maximum Gasteiger partial charge on any atom is 0.321 e. The predicted molar refractivity (Wildman–Crippen MR) is 228 cm³/mol. The fourth-order valence-corrected chi connectivity index (χ4v) is 7.55. The molecule has 0 saturated carbocycles. The summed E-state index contributed by atoms with van der Waals surface area (Å²) in [7, 11) is 1.69. The number of nitrogens with zero attached hydrogens (tertiary/aromatic N) is 5. The van der Waals surface area contributed by atoms with Crippen LogP contribution in [-0.2, 0) is 46.5 Å². The number of carboxylic acids is 2. The quantitative estimate of drug-likeness (QED) is 0.0545. The summed E-state index contributed by atoms with van der Waals surface area (Å²) in [5.41, 5.74) is 15.3. The highest BCUT2D eigenvalue weighted by Gasteiger charge is 2.25.